The van der Waals surface area contributed by atoms with Crippen LogP contribution in [-0.2, 0) is 11.2 Å². The molecule has 1 unspecified atom stereocenters. The molecule has 6 nitrogen and oxygen atoms in total. The van der Waals surface area contributed by atoms with Crippen molar-refractivity contribution in [2.75, 3.05) is 6.61 Å². The number of carbonyl (C=O) groups is 2. The Morgan fingerprint density at radius 2 is 1.74 bits per heavy atom. The van der Waals surface area contributed by atoms with Crippen molar-refractivity contribution in [3.05, 3.63) is 105 Å². The van der Waals surface area contributed by atoms with Crippen LogP contribution in [0.1, 0.15) is 34.0 Å². The van der Waals surface area contributed by atoms with Crippen LogP contribution in [0.2, 0.25) is 10.0 Å². The molecule has 0 fully saturated rings. The molecule has 3 aromatic carbocycles. The van der Waals surface area contributed by atoms with Gasteiger partial charge in [0.15, 0.2) is 5.78 Å². The Kier molecular flexibility index (Phi) is 9.31. The van der Waals surface area contributed by atoms with Gasteiger partial charge in [-0.2, -0.15) is 0 Å². The molecular weight excluding hydrogens is 555 g/mol. The fraction of sp³-hybridized carbons (Fsp3) is 0.138. The number of ketones is 1. The van der Waals surface area contributed by atoms with Crippen LogP contribution in [0.5, 0.6) is 17.2 Å². The minimum absolute atomic E-state index is 0. The number of aromatic nitrogens is 1. The van der Waals surface area contributed by atoms with Crippen LogP contribution in [-0.4, -0.2) is 23.3 Å². The number of ether oxygens (including phenoxy) is 2. The molecule has 1 atom stereocenters. The second-order valence-electron chi connectivity index (χ2n) is 8.70. The zero-order valence-corrected chi connectivity index (χ0v) is 24.3. The first-order valence-electron chi connectivity index (χ1n) is 11.7. The number of carboxylic acid groups (broad SMARTS) is 1. The van der Waals surface area contributed by atoms with Gasteiger partial charge in [-0.3, -0.25) is 4.79 Å². The molecular formula is C29H19Cl2FNNaO5. The number of rotatable bonds is 7. The van der Waals surface area contributed by atoms with E-state index in [0.29, 0.717) is 45.3 Å². The smallest absolute Gasteiger partial charge is 0.549 e. The normalized spacial score (nSPS) is 14.0. The van der Waals surface area contributed by atoms with E-state index in [1.165, 1.54) is 18.2 Å². The summed E-state index contributed by atoms with van der Waals surface area (Å²) in [5.41, 5.74) is 2.00. The van der Waals surface area contributed by atoms with Crippen LogP contribution in [0, 0.1) is 5.82 Å². The Balaban J connectivity index is 0.00000353. The number of nitrogens with zero attached hydrogens (tertiary/aromatic N) is 1. The predicted octanol–water partition coefficient (Wildman–Crippen LogP) is 3.03. The van der Waals surface area contributed by atoms with Crippen molar-refractivity contribution in [3.63, 3.8) is 0 Å². The minimum atomic E-state index is -1.18. The first-order chi connectivity index (χ1) is 18.3. The van der Waals surface area contributed by atoms with Gasteiger partial charge in [0, 0.05) is 45.4 Å². The number of hydrogen-bond donors (Lipinski definition) is 0. The standard InChI is InChI=1S/C29H20Cl2FNO5.Na/c30-18-5-1-17(2-6-18)28-24(32)10-7-19(33-28)13-25(34)16-3-8-20(9-4-16)38-27-15-26-22(14-23(27)31)21(29(35)36)11-12-37-26;/h1-10,14-15,21H,11-13H2,(H,35,36);/q;+1/p-1. The summed E-state index contributed by atoms with van der Waals surface area (Å²) in [7, 11) is 0. The third-order valence-electron chi connectivity index (χ3n) is 6.16. The molecule has 0 amide bonds. The Labute approximate surface area is 256 Å². The SMILES string of the molecule is O=C(Cc1ccc(F)c(-c2ccc(Cl)cc2)n1)c1ccc(Oc2cc3c(cc2Cl)C(C(=O)[O-])CCO3)cc1.[Na+]. The summed E-state index contributed by atoms with van der Waals surface area (Å²) in [6.45, 7) is 0.244. The van der Waals surface area contributed by atoms with Crippen molar-refractivity contribution < 1.29 is 58.1 Å². The third-order valence-corrected chi connectivity index (χ3v) is 6.70. The fourth-order valence-corrected chi connectivity index (χ4v) is 4.54. The van der Waals surface area contributed by atoms with Gasteiger partial charge >= 0.3 is 29.6 Å². The summed E-state index contributed by atoms with van der Waals surface area (Å²) >= 11 is 12.3. The van der Waals surface area contributed by atoms with Crippen LogP contribution in [0.3, 0.4) is 0 Å². The third kappa shape index (κ3) is 6.62. The van der Waals surface area contributed by atoms with E-state index in [2.05, 4.69) is 4.98 Å². The van der Waals surface area contributed by atoms with Gasteiger partial charge in [-0.25, -0.2) is 9.37 Å². The zero-order chi connectivity index (χ0) is 26.8. The van der Waals surface area contributed by atoms with Crippen molar-refractivity contribution in [3.8, 4) is 28.5 Å². The first kappa shape index (κ1) is 29.1. The maximum atomic E-state index is 14.4. The van der Waals surface area contributed by atoms with Crippen LogP contribution in [0.15, 0.2) is 72.8 Å². The molecule has 10 heteroatoms. The van der Waals surface area contributed by atoms with E-state index < -0.39 is 17.7 Å². The molecule has 4 aromatic rings. The average Bonchev–Trinajstić information content (AvgIpc) is 2.90. The molecule has 0 saturated carbocycles. The molecule has 1 aromatic heterocycles. The average molecular weight is 574 g/mol. The number of hydrogen-bond acceptors (Lipinski definition) is 6. The number of pyridine rings is 1. The Morgan fingerprint density at radius 1 is 1.03 bits per heavy atom. The molecule has 2 heterocycles. The van der Waals surface area contributed by atoms with E-state index in [-0.39, 0.29) is 64.8 Å². The van der Waals surface area contributed by atoms with Gasteiger partial charge in [-0.1, -0.05) is 35.3 Å². The van der Waals surface area contributed by atoms with E-state index in [1.807, 2.05) is 0 Å². The Morgan fingerprint density at radius 3 is 2.44 bits per heavy atom. The van der Waals surface area contributed by atoms with Crippen molar-refractivity contribution >= 4 is 35.0 Å². The van der Waals surface area contributed by atoms with E-state index >= 15 is 0 Å². The number of halogens is 3. The molecule has 192 valence electrons. The molecule has 0 saturated heterocycles. The quantitative estimate of drug-likeness (QED) is 0.249. The van der Waals surface area contributed by atoms with Crippen LogP contribution in [0.4, 0.5) is 4.39 Å². The molecule has 0 aliphatic carbocycles. The van der Waals surface area contributed by atoms with Gasteiger partial charge in [0.05, 0.1) is 18.1 Å². The van der Waals surface area contributed by atoms with Crippen molar-refractivity contribution in [2.45, 2.75) is 18.8 Å². The number of benzene rings is 3. The number of aliphatic carboxylic acids is 1. The summed E-state index contributed by atoms with van der Waals surface area (Å²) in [5.74, 6) is -1.60. The van der Waals surface area contributed by atoms with E-state index in [9.17, 15) is 19.1 Å². The molecule has 39 heavy (non-hydrogen) atoms. The van der Waals surface area contributed by atoms with Crippen molar-refractivity contribution in [1.82, 2.24) is 4.98 Å². The number of carboxylic acids is 1. The summed E-state index contributed by atoms with van der Waals surface area (Å²) in [5, 5.41) is 12.2. The number of Topliss-reactive ketones (excluding diaryl/α,β-unsaturated/α-hetero) is 1. The van der Waals surface area contributed by atoms with Crippen LogP contribution >= 0.6 is 23.2 Å². The van der Waals surface area contributed by atoms with Gasteiger partial charge in [0.1, 0.15) is 28.8 Å². The van der Waals surface area contributed by atoms with Crippen LogP contribution in [0.25, 0.3) is 11.3 Å². The summed E-state index contributed by atoms with van der Waals surface area (Å²) < 4.78 is 25.8. The summed E-state index contributed by atoms with van der Waals surface area (Å²) in [6.07, 6.45) is 0.284. The second kappa shape index (κ2) is 12.5. The largest absolute Gasteiger partial charge is 1.00 e. The van der Waals surface area contributed by atoms with Crippen LogP contribution < -0.4 is 44.1 Å². The van der Waals surface area contributed by atoms with Gasteiger partial charge in [0.2, 0.25) is 0 Å². The molecule has 1 aliphatic rings. The Bertz CT molecular complexity index is 1530. The van der Waals surface area contributed by atoms with E-state index in [1.54, 1.807) is 54.6 Å². The number of fused-ring (bicyclic) bond motifs is 1. The van der Waals surface area contributed by atoms with Crippen molar-refractivity contribution in [1.29, 1.82) is 0 Å². The van der Waals surface area contributed by atoms with Gasteiger partial charge in [-0.15, -0.1) is 0 Å². The predicted molar refractivity (Wildman–Crippen MR) is 139 cm³/mol. The molecule has 0 radical (unpaired) electrons. The summed E-state index contributed by atoms with van der Waals surface area (Å²) in [4.78, 5) is 28.6. The zero-order valence-electron chi connectivity index (χ0n) is 20.7. The maximum absolute atomic E-state index is 14.4. The fourth-order valence-electron chi connectivity index (χ4n) is 4.21. The molecule has 1 aliphatic heterocycles. The van der Waals surface area contributed by atoms with E-state index in [0.717, 1.165) is 0 Å². The topological polar surface area (TPSA) is 88.5 Å². The van der Waals surface area contributed by atoms with Gasteiger partial charge in [-0.05, 0) is 61.0 Å². The number of carbonyl (C=O) groups excluding carboxylic acids is 2. The second-order valence-corrected chi connectivity index (χ2v) is 9.54. The Hall–Kier alpha value is -2.94. The molecule has 0 spiro atoms. The monoisotopic (exact) mass is 573 g/mol. The van der Waals surface area contributed by atoms with Gasteiger partial charge in [0.25, 0.3) is 0 Å². The minimum Gasteiger partial charge on any atom is -0.549 e. The molecule has 0 bridgehead atoms. The summed E-state index contributed by atoms with van der Waals surface area (Å²) in [6, 6.07) is 18.9. The van der Waals surface area contributed by atoms with E-state index in [4.69, 9.17) is 32.7 Å². The molecule has 0 N–H and O–H groups in total. The van der Waals surface area contributed by atoms with Crippen molar-refractivity contribution in [2.24, 2.45) is 0 Å². The first-order valence-corrected chi connectivity index (χ1v) is 12.4. The molecule has 5 rings (SSSR count). The maximum Gasteiger partial charge on any atom is 1.00 e. The van der Waals surface area contributed by atoms with Gasteiger partial charge < -0.3 is 19.4 Å².